The molecule has 0 spiro atoms. The van der Waals surface area contributed by atoms with Gasteiger partial charge in [-0.15, -0.1) is 0 Å². The number of ether oxygens (including phenoxy) is 1. The summed E-state index contributed by atoms with van der Waals surface area (Å²) < 4.78 is 5.60. The number of amides is 1. The van der Waals surface area contributed by atoms with Gasteiger partial charge in [0, 0.05) is 5.69 Å². The number of aryl methyl sites for hydroxylation is 1. The molecule has 0 aromatic heterocycles. The van der Waals surface area contributed by atoms with Gasteiger partial charge in [0.25, 0.3) is 5.91 Å². The van der Waals surface area contributed by atoms with Gasteiger partial charge in [-0.2, -0.15) is 0 Å². The van der Waals surface area contributed by atoms with E-state index in [1.54, 1.807) is 0 Å². The molecule has 1 atom stereocenters. The molecule has 1 N–H and O–H groups in total. The molecule has 0 bridgehead atoms. The molecule has 0 heterocycles. The quantitative estimate of drug-likeness (QED) is 0.799. The highest BCUT2D eigenvalue weighted by Gasteiger charge is 2.11. The second kappa shape index (κ2) is 8.37. The number of benzene rings is 2. The molecule has 1 unspecified atom stereocenters. The van der Waals surface area contributed by atoms with E-state index in [2.05, 4.69) is 38.2 Å². The smallest absolute Gasteiger partial charge is 0.262 e. The van der Waals surface area contributed by atoms with Crippen LogP contribution in [-0.4, -0.2) is 12.5 Å². The fourth-order valence-electron chi connectivity index (χ4n) is 2.45. The first-order valence-corrected chi connectivity index (χ1v) is 8.24. The van der Waals surface area contributed by atoms with Crippen LogP contribution < -0.4 is 10.1 Å². The molecule has 3 heteroatoms. The first-order valence-electron chi connectivity index (χ1n) is 8.24. The Bertz CT molecular complexity index is 652. The topological polar surface area (TPSA) is 38.3 Å². The lowest BCUT2D eigenvalue weighted by molar-refractivity contribution is -0.118. The van der Waals surface area contributed by atoms with Crippen molar-refractivity contribution >= 4 is 11.6 Å². The third-order valence-electron chi connectivity index (χ3n) is 4.05. The van der Waals surface area contributed by atoms with E-state index in [-0.39, 0.29) is 12.5 Å². The summed E-state index contributed by atoms with van der Waals surface area (Å²) in [6.45, 7) is 6.42. The van der Waals surface area contributed by atoms with Gasteiger partial charge < -0.3 is 10.1 Å². The number of anilines is 1. The lowest BCUT2D eigenvalue weighted by atomic mass is 9.97. The molecule has 0 saturated carbocycles. The SMILES string of the molecule is CCc1cccc(OCC(=O)Nc2ccccc2C(C)CC)c1. The monoisotopic (exact) mass is 311 g/mol. The first-order chi connectivity index (χ1) is 11.1. The molecule has 0 aliphatic heterocycles. The normalized spacial score (nSPS) is 11.8. The predicted molar refractivity (Wildman–Crippen MR) is 95.1 cm³/mol. The molecule has 2 aromatic carbocycles. The van der Waals surface area contributed by atoms with Crippen LogP contribution in [0.15, 0.2) is 48.5 Å². The molecular weight excluding hydrogens is 286 g/mol. The van der Waals surface area contributed by atoms with Crippen LogP contribution >= 0.6 is 0 Å². The van der Waals surface area contributed by atoms with Crippen LogP contribution in [0.3, 0.4) is 0 Å². The molecule has 0 aliphatic carbocycles. The summed E-state index contributed by atoms with van der Waals surface area (Å²) in [5.41, 5.74) is 3.24. The summed E-state index contributed by atoms with van der Waals surface area (Å²) in [7, 11) is 0. The van der Waals surface area contributed by atoms with Gasteiger partial charge in [0.2, 0.25) is 0 Å². The van der Waals surface area contributed by atoms with Gasteiger partial charge in [0.05, 0.1) is 0 Å². The average Bonchev–Trinajstić information content (AvgIpc) is 2.60. The van der Waals surface area contributed by atoms with Crippen LogP contribution in [0, 0.1) is 0 Å². The highest BCUT2D eigenvalue weighted by Crippen LogP contribution is 2.26. The summed E-state index contributed by atoms with van der Waals surface area (Å²) in [4.78, 5) is 12.2. The van der Waals surface area contributed by atoms with Crippen molar-refractivity contribution in [3.05, 3.63) is 59.7 Å². The maximum atomic E-state index is 12.2. The van der Waals surface area contributed by atoms with Crippen molar-refractivity contribution in [2.45, 2.75) is 39.5 Å². The molecule has 0 fully saturated rings. The summed E-state index contributed by atoms with van der Waals surface area (Å²) in [6.07, 6.45) is 1.98. The van der Waals surface area contributed by atoms with Gasteiger partial charge in [0.1, 0.15) is 5.75 Å². The van der Waals surface area contributed by atoms with Crippen molar-refractivity contribution in [2.75, 3.05) is 11.9 Å². The second-order valence-electron chi connectivity index (χ2n) is 5.73. The molecule has 1 amide bonds. The molecule has 23 heavy (non-hydrogen) atoms. The third kappa shape index (κ3) is 4.85. The Morgan fingerprint density at radius 3 is 2.65 bits per heavy atom. The van der Waals surface area contributed by atoms with Crippen molar-refractivity contribution < 1.29 is 9.53 Å². The van der Waals surface area contributed by atoms with Gasteiger partial charge in [-0.3, -0.25) is 4.79 Å². The van der Waals surface area contributed by atoms with Crippen LogP contribution in [-0.2, 0) is 11.2 Å². The number of hydrogen-bond acceptors (Lipinski definition) is 2. The van der Waals surface area contributed by atoms with E-state index in [1.165, 1.54) is 5.56 Å². The second-order valence-corrected chi connectivity index (χ2v) is 5.73. The summed E-state index contributed by atoms with van der Waals surface area (Å²) in [5, 5.41) is 2.96. The van der Waals surface area contributed by atoms with E-state index in [4.69, 9.17) is 4.74 Å². The Labute approximate surface area is 138 Å². The van der Waals surface area contributed by atoms with Gasteiger partial charge in [0.15, 0.2) is 6.61 Å². The van der Waals surface area contributed by atoms with Gasteiger partial charge in [-0.05, 0) is 48.1 Å². The van der Waals surface area contributed by atoms with Crippen LogP contribution in [0.4, 0.5) is 5.69 Å². The zero-order valence-corrected chi connectivity index (χ0v) is 14.1. The summed E-state index contributed by atoms with van der Waals surface area (Å²) >= 11 is 0. The highest BCUT2D eigenvalue weighted by molar-refractivity contribution is 5.92. The number of carbonyl (C=O) groups is 1. The zero-order chi connectivity index (χ0) is 16.7. The molecule has 0 aliphatic rings. The van der Waals surface area contributed by atoms with Crippen molar-refractivity contribution in [1.29, 1.82) is 0 Å². The standard InChI is InChI=1S/C20H25NO2/c1-4-15(3)18-11-6-7-12-19(18)21-20(22)14-23-17-10-8-9-16(5-2)13-17/h6-13,15H,4-5,14H2,1-3H3,(H,21,22). The Balaban J connectivity index is 1.97. The first kappa shape index (κ1) is 17.1. The summed E-state index contributed by atoms with van der Waals surface area (Å²) in [5.74, 6) is 1.01. The number of para-hydroxylation sites is 1. The molecule has 2 aromatic rings. The lowest BCUT2D eigenvalue weighted by Gasteiger charge is -2.15. The van der Waals surface area contributed by atoms with E-state index in [9.17, 15) is 4.79 Å². The molecule has 2 rings (SSSR count). The number of hydrogen-bond donors (Lipinski definition) is 1. The third-order valence-corrected chi connectivity index (χ3v) is 4.05. The van der Waals surface area contributed by atoms with Gasteiger partial charge >= 0.3 is 0 Å². The maximum absolute atomic E-state index is 12.2. The minimum Gasteiger partial charge on any atom is -0.484 e. The largest absolute Gasteiger partial charge is 0.484 e. The molecular formula is C20H25NO2. The summed E-state index contributed by atoms with van der Waals surface area (Å²) in [6, 6.07) is 15.8. The molecule has 3 nitrogen and oxygen atoms in total. The Kier molecular flexibility index (Phi) is 6.21. The van der Waals surface area contributed by atoms with E-state index in [1.807, 2.05) is 36.4 Å². The van der Waals surface area contributed by atoms with E-state index in [0.29, 0.717) is 5.92 Å². The Morgan fingerprint density at radius 2 is 1.91 bits per heavy atom. The van der Waals surface area contributed by atoms with Crippen LogP contribution in [0.2, 0.25) is 0 Å². The molecule has 122 valence electrons. The maximum Gasteiger partial charge on any atom is 0.262 e. The van der Waals surface area contributed by atoms with Gasteiger partial charge in [-0.1, -0.05) is 51.1 Å². The van der Waals surface area contributed by atoms with E-state index in [0.717, 1.165) is 29.8 Å². The van der Waals surface area contributed by atoms with E-state index < -0.39 is 0 Å². The predicted octanol–water partition coefficient (Wildman–Crippen LogP) is 4.78. The Morgan fingerprint density at radius 1 is 1.13 bits per heavy atom. The number of nitrogens with one attached hydrogen (secondary N) is 1. The molecule has 0 saturated heterocycles. The minimum absolute atomic E-state index is 0.0159. The lowest BCUT2D eigenvalue weighted by Crippen LogP contribution is -2.21. The van der Waals surface area contributed by atoms with Crippen molar-refractivity contribution in [1.82, 2.24) is 0 Å². The van der Waals surface area contributed by atoms with Crippen molar-refractivity contribution in [2.24, 2.45) is 0 Å². The van der Waals surface area contributed by atoms with Crippen molar-refractivity contribution in [3.8, 4) is 5.75 Å². The fraction of sp³-hybridized carbons (Fsp3) is 0.350. The average molecular weight is 311 g/mol. The molecule has 0 radical (unpaired) electrons. The van der Waals surface area contributed by atoms with E-state index >= 15 is 0 Å². The van der Waals surface area contributed by atoms with Crippen molar-refractivity contribution in [3.63, 3.8) is 0 Å². The minimum atomic E-state index is -0.136. The fourth-order valence-corrected chi connectivity index (χ4v) is 2.45. The number of rotatable bonds is 7. The van der Waals surface area contributed by atoms with Crippen LogP contribution in [0.25, 0.3) is 0 Å². The van der Waals surface area contributed by atoms with Crippen LogP contribution in [0.5, 0.6) is 5.75 Å². The van der Waals surface area contributed by atoms with Gasteiger partial charge in [-0.25, -0.2) is 0 Å². The highest BCUT2D eigenvalue weighted by atomic mass is 16.5. The Hall–Kier alpha value is -2.29. The zero-order valence-electron chi connectivity index (χ0n) is 14.1. The number of carbonyl (C=O) groups excluding carboxylic acids is 1. The van der Waals surface area contributed by atoms with Crippen LogP contribution in [0.1, 0.15) is 44.2 Å².